The van der Waals surface area contributed by atoms with Crippen LogP contribution >= 0.6 is 11.3 Å². The van der Waals surface area contributed by atoms with Crippen molar-refractivity contribution in [1.82, 2.24) is 14.9 Å². The van der Waals surface area contributed by atoms with Crippen molar-refractivity contribution in [2.75, 3.05) is 0 Å². The van der Waals surface area contributed by atoms with E-state index in [4.69, 9.17) is 4.52 Å². The quantitative estimate of drug-likeness (QED) is 0.727. The number of thiazole rings is 1. The first-order valence-electron chi connectivity index (χ1n) is 7.77. The van der Waals surface area contributed by atoms with Crippen LogP contribution in [0.15, 0.2) is 34.2 Å². The minimum absolute atomic E-state index is 0.197. The molecule has 0 aliphatic heterocycles. The van der Waals surface area contributed by atoms with E-state index in [1.165, 1.54) is 11.3 Å². The number of aromatic nitrogens is 2. The molecule has 2 aromatic heterocycles. The first-order valence-corrected chi connectivity index (χ1v) is 10.3. The standard InChI is InChI=1S/C16H17N3O3S2/c1-10-8-23-16(17-10)15(11-6-7-11)19-24(20,21)9-13-12-4-2-3-5-14(12)22-18-13/h2-5,8,11,15,19H,6-7,9H2,1H3/t15-/m0/s1. The Balaban J connectivity index is 1.58. The summed E-state index contributed by atoms with van der Waals surface area (Å²) >= 11 is 1.50. The lowest BCUT2D eigenvalue weighted by Crippen LogP contribution is -2.31. The van der Waals surface area contributed by atoms with Crippen molar-refractivity contribution in [3.8, 4) is 0 Å². The lowest BCUT2D eigenvalue weighted by molar-refractivity contribution is 0.448. The average Bonchev–Trinajstić information content (AvgIpc) is 3.19. The predicted octanol–water partition coefficient (Wildman–Crippen LogP) is 3.16. The highest BCUT2D eigenvalue weighted by Crippen LogP contribution is 2.42. The van der Waals surface area contributed by atoms with Gasteiger partial charge in [-0.25, -0.2) is 18.1 Å². The highest BCUT2D eigenvalue weighted by Gasteiger charge is 2.37. The molecule has 0 saturated heterocycles. The van der Waals surface area contributed by atoms with Crippen molar-refractivity contribution in [2.45, 2.75) is 31.6 Å². The summed E-state index contributed by atoms with van der Waals surface area (Å²) in [6.45, 7) is 1.92. The fourth-order valence-electron chi connectivity index (χ4n) is 2.75. The summed E-state index contributed by atoms with van der Waals surface area (Å²) in [7, 11) is -3.54. The molecule has 24 heavy (non-hydrogen) atoms. The van der Waals surface area contributed by atoms with E-state index in [-0.39, 0.29) is 11.8 Å². The molecule has 1 N–H and O–H groups in total. The first kappa shape index (κ1) is 15.7. The number of fused-ring (bicyclic) bond motifs is 1. The summed E-state index contributed by atoms with van der Waals surface area (Å²) in [4.78, 5) is 4.46. The Hall–Kier alpha value is -1.77. The lowest BCUT2D eigenvalue weighted by atomic mass is 10.2. The molecule has 0 spiro atoms. The molecule has 1 saturated carbocycles. The van der Waals surface area contributed by atoms with Crippen molar-refractivity contribution in [3.63, 3.8) is 0 Å². The second kappa shape index (κ2) is 5.94. The molecule has 1 atom stereocenters. The zero-order valence-corrected chi connectivity index (χ0v) is 14.7. The fraction of sp³-hybridized carbons (Fsp3) is 0.375. The molecule has 0 bridgehead atoms. The maximum atomic E-state index is 12.6. The molecule has 8 heteroatoms. The molecule has 1 aliphatic rings. The number of aryl methyl sites for hydroxylation is 1. The highest BCUT2D eigenvalue weighted by molar-refractivity contribution is 7.88. The van der Waals surface area contributed by atoms with E-state index in [1.54, 1.807) is 6.07 Å². The molecule has 0 radical (unpaired) electrons. The van der Waals surface area contributed by atoms with Gasteiger partial charge in [-0.3, -0.25) is 0 Å². The largest absolute Gasteiger partial charge is 0.356 e. The summed E-state index contributed by atoms with van der Waals surface area (Å²) in [5.74, 6) is 0.136. The minimum Gasteiger partial charge on any atom is -0.356 e. The molecule has 6 nitrogen and oxygen atoms in total. The van der Waals surface area contributed by atoms with E-state index in [1.807, 2.05) is 30.5 Å². The van der Waals surface area contributed by atoms with E-state index in [9.17, 15) is 8.42 Å². The van der Waals surface area contributed by atoms with Crippen LogP contribution in [0.4, 0.5) is 0 Å². The molecule has 4 rings (SSSR count). The van der Waals surface area contributed by atoms with E-state index < -0.39 is 10.0 Å². The second-order valence-electron chi connectivity index (χ2n) is 6.14. The zero-order valence-electron chi connectivity index (χ0n) is 13.1. The number of nitrogens with one attached hydrogen (secondary N) is 1. The van der Waals surface area contributed by atoms with Crippen molar-refractivity contribution >= 4 is 32.3 Å². The second-order valence-corrected chi connectivity index (χ2v) is 8.79. The van der Waals surface area contributed by atoms with Crippen LogP contribution in [0.5, 0.6) is 0 Å². The van der Waals surface area contributed by atoms with E-state index >= 15 is 0 Å². The van der Waals surface area contributed by atoms with Crippen LogP contribution in [0.3, 0.4) is 0 Å². The minimum atomic E-state index is -3.54. The molecule has 0 unspecified atom stereocenters. The summed E-state index contributed by atoms with van der Waals surface area (Å²) in [5, 5.41) is 7.44. The number of benzene rings is 1. The van der Waals surface area contributed by atoms with Gasteiger partial charge in [0.05, 0.1) is 6.04 Å². The normalized spacial score (nSPS) is 16.5. The molecular weight excluding hydrogens is 346 g/mol. The molecule has 1 aromatic carbocycles. The van der Waals surface area contributed by atoms with Gasteiger partial charge in [0, 0.05) is 16.5 Å². The number of hydrogen-bond acceptors (Lipinski definition) is 6. The summed E-state index contributed by atoms with van der Waals surface area (Å²) in [5.41, 5.74) is 1.95. The van der Waals surface area contributed by atoms with Gasteiger partial charge >= 0.3 is 0 Å². The van der Waals surface area contributed by atoms with Crippen molar-refractivity contribution < 1.29 is 12.9 Å². The third kappa shape index (κ3) is 3.22. The number of hydrogen-bond donors (Lipinski definition) is 1. The van der Waals surface area contributed by atoms with E-state index in [2.05, 4.69) is 14.9 Å². The Morgan fingerprint density at radius 3 is 2.88 bits per heavy atom. The Morgan fingerprint density at radius 2 is 2.17 bits per heavy atom. The number of nitrogens with zero attached hydrogens (tertiary/aromatic N) is 2. The Kier molecular flexibility index (Phi) is 3.90. The van der Waals surface area contributed by atoms with Crippen molar-refractivity contribution in [1.29, 1.82) is 0 Å². The maximum Gasteiger partial charge on any atom is 0.218 e. The van der Waals surface area contributed by atoms with E-state index in [0.29, 0.717) is 17.2 Å². The number of para-hydroxylation sites is 1. The van der Waals surface area contributed by atoms with Gasteiger partial charge in [-0.2, -0.15) is 0 Å². The predicted molar refractivity (Wildman–Crippen MR) is 92.1 cm³/mol. The Bertz CT molecular complexity index is 973. The number of rotatable bonds is 6. The highest BCUT2D eigenvalue weighted by atomic mass is 32.2. The van der Waals surface area contributed by atoms with Gasteiger partial charge in [-0.15, -0.1) is 11.3 Å². The third-order valence-electron chi connectivity index (χ3n) is 4.08. The average molecular weight is 363 g/mol. The van der Waals surface area contributed by atoms with Gasteiger partial charge in [0.25, 0.3) is 0 Å². The molecule has 0 amide bonds. The fourth-order valence-corrected chi connectivity index (χ4v) is 5.11. The van der Waals surface area contributed by atoms with Crippen LogP contribution < -0.4 is 4.72 Å². The maximum absolute atomic E-state index is 12.6. The number of sulfonamides is 1. The Morgan fingerprint density at radius 1 is 1.38 bits per heavy atom. The molecule has 1 fully saturated rings. The summed E-state index contributed by atoms with van der Waals surface area (Å²) in [6, 6.07) is 7.02. The SMILES string of the molecule is Cc1csc([C@@H](NS(=O)(=O)Cc2noc3ccccc23)C2CC2)n1. The Labute approximate surface area is 143 Å². The van der Waals surface area contributed by atoms with Gasteiger partial charge < -0.3 is 4.52 Å². The van der Waals surface area contributed by atoms with Gasteiger partial charge in [-0.05, 0) is 37.8 Å². The van der Waals surface area contributed by atoms with Crippen molar-refractivity contribution in [3.05, 3.63) is 46.0 Å². The molecule has 126 valence electrons. The molecule has 2 heterocycles. The lowest BCUT2D eigenvalue weighted by Gasteiger charge is -2.15. The smallest absolute Gasteiger partial charge is 0.218 e. The van der Waals surface area contributed by atoms with E-state index in [0.717, 1.165) is 28.9 Å². The van der Waals surface area contributed by atoms with Gasteiger partial charge in [-0.1, -0.05) is 17.3 Å². The zero-order chi connectivity index (χ0) is 16.7. The van der Waals surface area contributed by atoms with Crippen LogP contribution in [-0.4, -0.2) is 18.6 Å². The van der Waals surface area contributed by atoms with Crippen LogP contribution in [0, 0.1) is 12.8 Å². The van der Waals surface area contributed by atoms with Gasteiger partial charge in [0.1, 0.15) is 16.5 Å². The topological polar surface area (TPSA) is 85.1 Å². The molecule has 3 aromatic rings. The van der Waals surface area contributed by atoms with Crippen LogP contribution in [0.25, 0.3) is 11.0 Å². The van der Waals surface area contributed by atoms with Crippen LogP contribution in [-0.2, 0) is 15.8 Å². The van der Waals surface area contributed by atoms with Crippen molar-refractivity contribution in [2.24, 2.45) is 5.92 Å². The first-order chi connectivity index (χ1) is 11.5. The van der Waals surface area contributed by atoms with Crippen LogP contribution in [0.1, 0.15) is 35.3 Å². The third-order valence-corrected chi connectivity index (χ3v) is 6.39. The summed E-state index contributed by atoms with van der Waals surface area (Å²) < 4.78 is 33.3. The monoisotopic (exact) mass is 363 g/mol. The molecular formula is C16H17N3O3S2. The summed E-state index contributed by atoms with van der Waals surface area (Å²) in [6.07, 6.45) is 2.05. The molecule has 1 aliphatic carbocycles. The van der Waals surface area contributed by atoms with Crippen LogP contribution in [0.2, 0.25) is 0 Å². The van der Waals surface area contributed by atoms with Gasteiger partial charge in [0.15, 0.2) is 5.58 Å². The van der Waals surface area contributed by atoms with Gasteiger partial charge in [0.2, 0.25) is 10.0 Å².